The fourth-order valence-electron chi connectivity index (χ4n) is 2.26. The van der Waals surface area contributed by atoms with Gasteiger partial charge in [0.05, 0.1) is 12.5 Å². The molecular formula is C18H19NO. The molecule has 102 valence electrons. The van der Waals surface area contributed by atoms with Crippen LogP contribution < -0.4 is 4.74 Å². The van der Waals surface area contributed by atoms with Gasteiger partial charge in [0.15, 0.2) is 0 Å². The first-order valence-corrected chi connectivity index (χ1v) is 6.76. The number of hydrogen-bond donors (Lipinski definition) is 0. The molecule has 20 heavy (non-hydrogen) atoms. The van der Waals surface area contributed by atoms with E-state index >= 15 is 0 Å². The molecule has 0 spiro atoms. The van der Waals surface area contributed by atoms with E-state index in [1.807, 2.05) is 24.3 Å². The Balaban J connectivity index is 2.19. The van der Waals surface area contributed by atoms with Crippen LogP contribution in [0, 0.1) is 32.1 Å². The normalized spacial score (nSPS) is 10.1. The van der Waals surface area contributed by atoms with E-state index < -0.39 is 0 Å². The van der Waals surface area contributed by atoms with E-state index in [1.54, 1.807) is 0 Å². The van der Waals surface area contributed by atoms with Crippen LogP contribution in [0.2, 0.25) is 0 Å². The number of nitriles is 1. The van der Waals surface area contributed by atoms with Crippen LogP contribution in [0.25, 0.3) is 0 Å². The molecule has 2 rings (SSSR count). The van der Waals surface area contributed by atoms with E-state index in [2.05, 4.69) is 39.0 Å². The smallest absolute Gasteiger partial charge is 0.123 e. The average Bonchev–Trinajstić information content (AvgIpc) is 2.43. The molecule has 0 saturated heterocycles. The molecule has 0 bridgehead atoms. The van der Waals surface area contributed by atoms with Crippen LogP contribution in [0.5, 0.6) is 5.75 Å². The SMILES string of the molecule is Cc1cc(C)c(C)c(OCc2ccccc2CC#N)c1. The predicted molar refractivity (Wildman–Crippen MR) is 80.7 cm³/mol. The number of benzene rings is 2. The number of nitrogens with zero attached hydrogens (tertiary/aromatic N) is 1. The molecule has 2 aromatic carbocycles. The van der Waals surface area contributed by atoms with Crippen molar-refractivity contribution in [3.8, 4) is 11.8 Å². The van der Waals surface area contributed by atoms with E-state index in [4.69, 9.17) is 10.00 Å². The highest BCUT2D eigenvalue weighted by Gasteiger charge is 2.06. The zero-order valence-corrected chi connectivity index (χ0v) is 12.2. The molecule has 0 fully saturated rings. The summed E-state index contributed by atoms with van der Waals surface area (Å²) in [6, 6.07) is 14.4. The quantitative estimate of drug-likeness (QED) is 0.827. The molecule has 0 amide bonds. The number of aryl methyl sites for hydroxylation is 2. The van der Waals surface area contributed by atoms with Crippen molar-refractivity contribution in [2.24, 2.45) is 0 Å². The highest BCUT2D eigenvalue weighted by molar-refractivity contribution is 5.42. The molecule has 0 atom stereocenters. The number of hydrogen-bond acceptors (Lipinski definition) is 2. The first-order chi connectivity index (χ1) is 9.61. The standard InChI is InChI=1S/C18H19NO/c1-13-10-14(2)15(3)18(11-13)20-12-17-7-5-4-6-16(17)8-9-19/h4-7,10-11H,8,12H2,1-3H3. The molecule has 0 N–H and O–H groups in total. The van der Waals surface area contributed by atoms with Crippen molar-refractivity contribution in [3.05, 3.63) is 64.2 Å². The Bertz CT molecular complexity index is 653. The second kappa shape index (κ2) is 6.25. The maximum Gasteiger partial charge on any atom is 0.123 e. The lowest BCUT2D eigenvalue weighted by atomic mass is 10.0. The second-order valence-electron chi connectivity index (χ2n) is 5.10. The van der Waals surface area contributed by atoms with E-state index in [1.165, 1.54) is 16.7 Å². The van der Waals surface area contributed by atoms with Crippen molar-refractivity contribution in [1.29, 1.82) is 5.26 Å². The monoisotopic (exact) mass is 265 g/mol. The molecule has 2 nitrogen and oxygen atoms in total. The van der Waals surface area contributed by atoms with Crippen molar-refractivity contribution in [2.45, 2.75) is 33.8 Å². The molecule has 2 aromatic rings. The van der Waals surface area contributed by atoms with Crippen molar-refractivity contribution < 1.29 is 4.74 Å². The summed E-state index contributed by atoms with van der Waals surface area (Å²) >= 11 is 0. The van der Waals surface area contributed by atoms with Crippen molar-refractivity contribution in [1.82, 2.24) is 0 Å². The zero-order chi connectivity index (χ0) is 14.5. The summed E-state index contributed by atoms with van der Waals surface area (Å²) in [4.78, 5) is 0. The molecule has 0 aliphatic carbocycles. The van der Waals surface area contributed by atoms with Gasteiger partial charge in [0.25, 0.3) is 0 Å². The Kier molecular flexibility index (Phi) is 4.42. The Hall–Kier alpha value is -2.27. The van der Waals surface area contributed by atoms with Crippen molar-refractivity contribution in [2.75, 3.05) is 0 Å². The molecule has 0 heterocycles. The summed E-state index contributed by atoms with van der Waals surface area (Å²) in [5, 5.41) is 8.86. The number of ether oxygens (including phenoxy) is 1. The van der Waals surface area contributed by atoms with Crippen LogP contribution >= 0.6 is 0 Å². The van der Waals surface area contributed by atoms with Gasteiger partial charge in [-0.05, 0) is 54.7 Å². The van der Waals surface area contributed by atoms with Crippen molar-refractivity contribution >= 4 is 0 Å². The van der Waals surface area contributed by atoms with E-state index in [9.17, 15) is 0 Å². The highest BCUT2D eigenvalue weighted by Crippen LogP contribution is 2.24. The molecule has 2 heteroatoms. The maximum absolute atomic E-state index is 8.86. The molecule has 0 aliphatic rings. The van der Waals surface area contributed by atoms with Crippen molar-refractivity contribution in [3.63, 3.8) is 0 Å². The minimum atomic E-state index is 0.422. The van der Waals surface area contributed by atoms with E-state index in [-0.39, 0.29) is 0 Å². The first-order valence-electron chi connectivity index (χ1n) is 6.76. The van der Waals surface area contributed by atoms with Crippen LogP contribution in [-0.4, -0.2) is 0 Å². The van der Waals surface area contributed by atoms with Gasteiger partial charge in [-0.1, -0.05) is 30.3 Å². The summed E-state index contributed by atoms with van der Waals surface area (Å²) in [5.41, 5.74) is 5.73. The lowest BCUT2D eigenvalue weighted by molar-refractivity contribution is 0.302. The lowest BCUT2D eigenvalue weighted by Crippen LogP contribution is -2.01. The molecule has 0 aliphatic heterocycles. The van der Waals surface area contributed by atoms with Crippen LogP contribution in [0.15, 0.2) is 36.4 Å². The van der Waals surface area contributed by atoms with E-state index in [0.717, 1.165) is 16.9 Å². The van der Waals surface area contributed by atoms with Gasteiger partial charge in [-0.25, -0.2) is 0 Å². The minimum Gasteiger partial charge on any atom is -0.489 e. The fraction of sp³-hybridized carbons (Fsp3) is 0.278. The largest absolute Gasteiger partial charge is 0.489 e. The third kappa shape index (κ3) is 3.19. The molecular weight excluding hydrogens is 246 g/mol. The Labute approximate surface area is 120 Å². The highest BCUT2D eigenvalue weighted by atomic mass is 16.5. The Morgan fingerprint density at radius 1 is 1.05 bits per heavy atom. The minimum absolute atomic E-state index is 0.422. The summed E-state index contributed by atoms with van der Waals surface area (Å²) in [6.45, 7) is 6.74. The van der Waals surface area contributed by atoms with E-state index in [0.29, 0.717) is 13.0 Å². The molecule has 0 radical (unpaired) electrons. The van der Waals surface area contributed by atoms with Gasteiger partial charge < -0.3 is 4.74 Å². The third-order valence-electron chi connectivity index (χ3n) is 3.54. The maximum atomic E-state index is 8.86. The first kappa shape index (κ1) is 14.1. The van der Waals surface area contributed by atoms with Crippen LogP contribution in [0.4, 0.5) is 0 Å². The van der Waals surface area contributed by atoms with Crippen LogP contribution in [0.1, 0.15) is 27.8 Å². The van der Waals surface area contributed by atoms with Gasteiger partial charge in [0, 0.05) is 0 Å². The van der Waals surface area contributed by atoms with Crippen LogP contribution in [0.3, 0.4) is 0 Å². The number of rotatable bonds is 4. The van der Waals surface area contributed by atoms with Crippen LogP contribution in [-0.2, 0) is 13.0 Å². The zero-order valence-electron chi connectivity index (χ0n) is 12.2. The lowest BCUT2D eigenvalue weighted by Gasteiger charge is -2.13. The Morgan fingerprint density at radius 3 is 2.45 bits per heavy atom. The Morgan fingerprint density at radius 2 is 1.75 bits per heavy atom. The third-order valence-corrected chi connectivity index (χ3v) is 3.54. The average molecular weight is 265 g/mol. The van der Waals surface area contributed by atoms with Gasteiger partial charge in [0.1, 0.15) is 12.4 Å². The summed E-state index contributed by atoms with van der Waals surface area (Å²) < 4.78 is 5.96. The fourth-order valence-corrected chi connectivity index (χ4v) is 2.26. The van der Waals surface area contributed by atoms with Gasteiger partial charge in [-0.15, -0.1) is 0 Å². The topological polar surface area (TPSA) is 33.0 Å². The molecule has 0 unspecified atom stereocenters. The second-order valence-corrected chi connectivity index (χ2v) is 5.10. The summed E-state index contributed by atoms with van der Waals surface area (Å²) in [6.07, 6.45) is 0.422. The summed E-state index contributed by atoms with van der Waals surface area (Å²) in [7, 11) is 0. The van der Waals surface area contributed by atoms with Gasteiger partial charge in [0.2, 0.25) is 0 Å². The van der Waals surface area contributed by atoms with Gasteiger partial charge >= 0.3 is 0 Å². The van der Waals surface area contributed by atoms with Gasteiger partial charge in [-0.2, -0.15) is 5.26 Å². The molecule has 0 saturated carbocycles. The summed E-state index contributed by atoms with van der Waals surface area (Å²) in [5.74, 6) is 0.925. The molecule has 0 aromatic heterocycles. The predicted octanol–water partition coefficient (Wildman–Crippen LogP) is 4.26. The van der Waals surface area contributed by atoms with Gasteiger partial charge in [-0.3, -0.25) is 0 Å².